The highest BCUT2D eigenvalue weighted by Crippen LogP contribution is 2.53. The SMILES string of the molecule is CCc1cc(C(F)(C(F)(F)F)C(F)(F)F)cc(C)c1CC(=O)c1ccc(CNC(=O)OC(C)(C)C)c(C)c1. The minimum Gasteiger partial charge on any atom is -0.444 e. The van der Waals surface area contributed by atoms with Crippen molar-refractivity contribution >= 4 is 11.9 Å². The van der Waals surface area contributed by atoms with Crippen molar-refractivity contribution in [2.24, 2.45) is 0 Å². The Morgan fingerprint density at radius 1 is 0.842 bits per heavy atom. The lowest BCUT2D eigenvalue weighted by Crippen LogP contribution is -2.50. The molecule has 0 fully saturated rings. The monoisotopic (exact) mass is 549 g/mol. The van der Waals surface area contributed by atoms with Crippen molar-refractivity contribution in [3.8, 4) is 0 Å². The van der Waals surface area contributed by atoms with Gasteiger partial charge in [0.1, 0.15) is 5.60 Å². The Balaban J connectivity index is 2.32. The number of hydrogen-bond donors (Lipinski definition) is 1. The third-order valence-corrected chi connectivity index (χ3v) is 5.95. The van der Waals surface area contributed by atoms with E-state index in [-0.39, 0.29) is 41.6 Å². The van der Waals surface area contributed by atoms with Crippen LogP contribution >= 0.6 is 0 Å². The van der Waals surface area contributed by atoms with E-state index in [0.717, 1.165) is 0 Å². The molecule has 0 heterocycles. The van der Waals surface area contributed by atoms with Gasteiger partial charge in [-0.1, -0.05) is 31.2 Å². The fourth-order valence-electron chi connectivity index (χ4n) is 3.96. The molecule has 0 saturated carbocycles. The Morgan fingerprint density at radius 3 is 1.89 bits per heavy atom. The maximum Gasteiger partial charge on any atom is 0.435 e. The number of hydrogen-bond acceptors (Lipinski definition) is 3. The maximum absolute atomic E-state index is 14.6. The summed E-state index contributed by atoms with van der Waals surface area (Å²) in [5, 5.41) is 2.61. The van der Waals surface area contributed by atoms with Crippen molar-refractivity contribution in [2.45, 2.75) is 84.6 Å². The van der Waals surface area contributed by atoms with Gasteiger partial charge in [-0.3, -0.25) is 4.79 Å². The minimum absolute atomic E-state index is 0.0128. The zero-order valence-electron chi connectivity index (χ0n) is 21.9. The fourth-order valence-corrected chi connectivity index (χ4v) is 3.96. The molecule has 0 saturated heterocycles. The summed E-state index contributed by atoms with van der Waals surface area (Å²) in [4.78, 5) is 24.9. The first kappa shape index (κ1) is 31.1. The number of benzene rings is 2. The van der Waals surface area contributed by atoms with Gasteiger partial charge < -0.3 is 10.1 Å². The van der Waals surface area contributed by atoms with Crippen LogP contribution < -0.4 is 5.32 Å². The normalized spacial score (nSPS) is 12.9. The molecule has 2 rings (SSSR count). The molecular formula is C27H30F7NO3. The Labute approximate surface area is 216 Å². The molecule has 2 aromatic carbocycles. The van der Waals surface area contributed by atoms with Crippen LogP contribution in [0.4, 0.5) is 35.5 Å². The molecule has 0 aliphatic heterocycles. The predicted molar refractivity (Wildman–Crippen MR) is 128 cm³/mol. The van der Waals surface area contributed by atoms with Gasteiger partial charge in [0, 0.05) is 24.1 Å². The Morgan fingerprint density at radius 2 is 1.42 bits per heavy atom. The quantitative estimate of drug-likeness (QED) is 0.286. The summed E-state index contributed by atoms with van der Waals surface area (Å²) in [6.45, 7) is 9.75. The summed E-state index contributed by atoms with van der Waals surface area (Å²) >= 11 is 0. The molecule has 210 valence electrons. The van der Waals surface area contributed by atoms with Crippen LogP contribution in [-0.4, -0.2) is 29.8 Å². The lowest BCUT2D eigenvalue weighted by Gasteiger charge is -2.31. The van der Waals surface area contributed by atoms with Crippen molar-refractivity contribution in [2.75, 3.05) is 0 Å². The van der Waals surface area contributed by atoms with Crippen molar-refractivity contribution in [1.82, 2.24) is 5.32 Å². The fraction of sp³-hybridized carbons (Fsp3) is 0.481. The number of ether oxygens (including phenoxy) is 1. The Bertz CT molecular complexity index is 1180. The van der Waals surface area contributed by atoms with Gasteiger partial charge in [-0.25, -0.2) is 9.18 Å². The van der Waals surface area contributed by atoms with E-state index >= 15 is 0 Å². The first-order valence-corrected chi connectivity index (χ1v) is 11.8. The minimum atomic E-state index is -6.22. The van der Waals surface area contributed by atoms with Crippen molar-refractivity contribution in [3.05, 3.63) is 69.3 Å². The van der Waals surface area contributed by atoms with Crippen molar-refractivity contribution < 1.29 is 45.1 Å². The molecule has 0 radical (unpaired) electrons. The molecule has 0 aliphatic rings. The topological polar surface area (TPSA) is 55.4 Å². The summed E-state index contributed by atoms with van der Waals surface area (Å²) in [5.41, 5.74) is -5.95. The summed E-state index contributed by atoms with van der Waals surface area (Å²) in [7, 11) is 0. The Hall–Kier alpha value is -3.11. The highest BCUT2D eigenvalue weighted by molar-refractivity contribution is 5.98. The second-order valence-electron chi connectivity index (χ2n) is 10.0. The number of ketones is 1. The number of Topliss-reactive ketones (excluding diaryl/α,β-unsaturated/α-hetero) is 1. The zero-order valence-corrected chi connectivity index (χ0v) is 21.9. The molecule has 1 amide bonds. The summed E-state index contributed by atoms with van der Waals surface area (Å²) in [5.74, 6) is -0.427. The average Bonchev–Trinajstić information content (AvgIpc) is 2.75. The van der Waals surface area contributed by atoms with Crippen LogP contribution in [0, 0.1) is 13.8 Å². The van der Waals surface area contributed by atoms with E-state index in [1.165, 1.54) is 19.9 Å². The summed E-state index contributed by atoms with van der Waals surface area (Å²) in [6.07, 6.45) is -13.4. The number of alkyl carbamates (subject to hydrolysis) is 1. The van der Waals surface area contributed by atoms with Crippen LogP contribution in [0.2, 0.25) is 0 Å². The van der Waals surface area contributed by atoms with Crippen molar-refractivity contribution in [3.63, 3.8) is 0 Å². The predicted octanol–water partition coefficient (Wildman–Crippen LogP) is 7.61. The molecule has 11 heteroatoms. The lowest BCUT2D eigenvalue weighted by molar-refractivity contribution is -0.348. The Kier molecular flexibility index (Phi) is 8.96. The summed E-state index contributed by atoms with van der Waals surface area (Å²) in [6, 6.07) is 5.74. The van der Waals surface area contributed by atoms with Crippen LogP contribution in [0.25, 0.3) is 0 Å². The van der Waals surface area contributed by atoms with Crippen LogP contribution in [0.3, 0.4) is 0 Å². The zero-order chi connectivity index (χ0) is 29.3. The molecule has 1 N–H and O–H groups in total. The number of nitrogens with one attached hydrogen (secondary N) is 1. The molecule has 0 atom stereocenters. The lowest BCUT2D eigenvalue weighted by atomic mass is 9.86. The van der Waals surface area contributed by atoms with Crippen LogP contribution in [0.1, 0.15) is 71.4 Å². The first-order valence-electron chi connectivity index (χ1n) is 11.8. The molecule has 2 aromatic rings. The van der Waals surface area contributed by atoms with E-state index < -0.39 is 41.1 Å². The second kappa shape index (κ2) is 10.9. The third-order valence-electron chi connectivity index (χ3n) is 5.95. The van der Waals surface area contributed by atoms with Gasteiger partial charge >= 0.3 is 24.1 Å². The molecule has 0 bridgehead atoms. The number of aryl methyl sites for hydroxylation is 3. The van der Waals surface area contributed by atoms with E-state index in [0.29, 0.717) is 23.3 Å². The maximum atomic E-state index is 14.6. The second-order valence-corrected chi connectivity index (χ2v) is 10.0. The summed E-state index contributed by atoms with van der Waals surface area (Å²) < 4.78 is 99.3. The van der Waals surface area contributed by atoms with E-state index in [1.54, 1.807) is 39.8 Å². The first-order chi connectivity index (χ1) is 17.2. The number of alkyl halides is 7. The standard InChI is InChI=1S/C27H30F7NO3/c1-7-17-12-20(25(28,26(29,30)31)27(32,33)34)11-16(3)21(17)13-22(36)18-8-9-19(15(2)10-18)14-35-23(37)38-24(4,5)6/h8-12H,7,13-14H2,1-6H3,(H,35,37). The van der Waals surface area contributed by atoms with Gasteiger partial charge in [0.25, 0.3) is 0 Å². The van der Waals surface area contributed by atoms with E-state index in [2.05, 4.69) is 5.32 Å². The van der Waals surface area contributed by atoms with Gasteiger partial charge in [-0.05, 0) is 74.9 Å². The van der Waals surface area contributed by atoms with Crippen LogP contribution in [0.5, 0.6) is 0 Å². The highest BCUT2D eigenvalue weighted by Gasteiger charge is 2.73. The van der Waals surface area contributed by atoms with Crippen LogP contribution in [0.15, 0.2) is 30.3 Å². The number of amides is 1. The average molecular weight is 550 g/mol. The van der Waals surface area contributed by atoms with Gasteiger partial charge in [0.15, 0.2) is 5.78 Å². The molecule has 0 spiro atoms. The molecule has 4 nitrogen and oxygen atoms in total. The third kappa shape index (κ3) is 6.85. The molecule has 38 heavy (non-hydrogen) atoms. The van der Waals surface area contributed by atoms with Gasteiger partial charge in [-0.15, -0.1) is 0 Å². The molecule has 0 aromatic heterocycles. The molecule has 0 unspecified atom stereocenters. The highest BCUT2D eigenvalue weighted by atomic mass is 19.4. The smallest absolute Gasteiger partial charge is 0.435 e. The number of rotatable bonds is 7. The van der Waals surface area contributed by atoms with E-state index in [1.807, 2.05) is 0 Å². The van der Waals surface area contributed by atoms with Gasteiger partial charge in [0.2, 0.25) is 0 Å². The van der Waals surface area contributed by atoms with Crippen molar-refractivity contribution in [1.29, 1.82) is 0 Å². The largest absolute Gasteiger partial charge is 0.444 e. The van der Waals surface area contributed by atoms with E-state index in [9.17, 15) is 40.3 Å². The molecule has 0 aliphatic carbocycles. The van der Waals surface area contributed by atoms with E-state index in [4.69, 9.17) is 4.74 Å². The molecular weight excluding hydrogens is 519 g/mol. The number of carbonyl (C=O) groups excluding carboxylic acids is 2. The van der Waals surface area contributed by atoms with Gasteiger partial charge in [0.05, 0.1) is 0 Å². The number of halogens is 7. The van der Waals surface area contributed by atoms with Gasteiger partial charge in [-0.2, -0.15) is 26.3 Å². The van der Waals surface area contributed by atoms with Crippen LogP contribution in [-0.2, 0) is 29.8 Å². The number of carbonyl (C=O) groups is 2.